The molecule has 1 fully saturated rings. The van der Waals surface area contributed by atoms with Crippen LogP contribution >= 0.6 is 0 Å². The summed E-state index contributed by atoms with van der Waals surface area (Å²) in [6.45, 7) is 0.458. The van der Waals surface area contributed by atoms with Crippen LogP contribution in [0.1, 0.15) is 49.7 Å². The van der Waals surface area contributed by atoms with Gasteiger partial charge in [-0.15, -0.1) is 0 Å². The smallest absolute Gasteiger partial charge is 0.197 e. The zero-order valence-corrected chi connectivity index (χ0v) is 7.83. The van der Waals surface area contributed by atoms with Crippen LogP contribution in [0.15, 0.2) is 10.6 Å². The maximum absolute atomic E-state index is 5.54. The molecule has 72 valence electrons. The molecule has 13 heavy (non-hydrogen) atoms. The van der Waals surface area contributed by atoms with E-state index in [1.54, 1.807) is 6.20 Å². The minimum Gasteiger partial charge on any atom is -0.444 e. The Hall–Kier alpha value is -0.830. The predicted molar refractivity (Wildman–Crippen MR) is 50.2 cm³/mol. The van der Waals surface area contributed by atoms with Crippen LogP contribution in [-0.4, -0.2) is 4.98 Å². The van der Waals surface area contributed by atoms with Crippen molar-refractivity contribution in [1.82, 2.24) is 4.98 Å². The second-order valence-electron chi connectivity index (χ2n) is 3.70. The Bertz CT molecular complexity index is 264. The van der Waals surface area contributed by atoms with E-state index in [4.69, 9.17) is 10.2 Å². The van der Waals surface area contributed by atoms with Gasteiger partial charge in [-0.25, -0.2) is 4.98 Å². The summed E-state index contributed by atoms with van der Waals surface area (Å²) in [6.07, 6.45) is 8.19. The van der Waals surface area contributed by atoms with E-state index >= 15 is 0 Å². The molecule has 0 aliphatic heterocycles. The molecule has 0 aromatic carbocycles. The lowest BCUT2D eigenvalue weighted by atomic mass is 9.89. The summed E-state index contributed by atoms with van der Waals surface area (Å²) in [5.74, 6) is 2.26. The molecule has 1 heterocycles. The third kappa shape index (κ3) is 1.91. The molecule has 1 aliphatic rings. The summed E-state index contributed by atoms with van der Waals surface area (Å²) < 4.78 is 5.54. The lowest BCUT2D eigenvalue weighted by Crippen LogP contribution is -2.04. The van der Waals surface area contributed by atoms with Crippen LogP contribution in [0, 0.1) is 0 Å². The summed E-state index contributed by atoms with van der Waals surface area (Å²) in [4.78, 5) is 4.26. The highest BCUT2D eigenvalue weighted by Crippen LogP contribution is 2.31. The van der Waals surface area contributed by atoms with Crippen molar-refractivity contribution in [3.05, 3.63) is 17.8 Å². The summed E-state index contributed by atoms with van der Waals surface area (Å²) in [6, 6.07) is 0. The monoisotopic (exact) mass is 180 g/mol. The second kappa shape index (κ2) is 3.92. The van der Waals surface area contributed by atoms with E-state index in [-0.39, 0.29) is 0 Å². The van der Waals surface area contributed by atoms with Crippen LogP contribution in [0.3, 0.4) is 0 Å². The number of rotatable bonds is 2. The van der Waals surface area contributed by atoms with Gasteiger partial charge >= 0.3 is 0 Å². The van der Waals surface area contributed by atoms with Crippen molar-refractivity contribution in [2.75, 3.05) is 0 Å². The molecule has 2 rings (SSSR count). The molecule has 1 aliphatic carbocycles. The van der Waals surface area contributed by atoms with Crippen molar-refractivity contribution in [2.24, 2.45) is 5.73 Å². The van der Waals surface area contributed by atoms with E-state index in [0.29, 0.717) is 12.5 Å². The summed E-state index contributed by atoms with van der Waals surface area (Å²) in [5, 5.41) is 0. The highest BCUT2D eigenvalue weighted by Gasteiger charge is 2.19. The van der Waals surface area contributed by atoms with E-state index in [2.05, 4.69) is 4.98 Å². The fraction of sp³-hybridized carbons (Fsp3) is 0.700. The predicted octanol–water partition coefficient (Wildman–Crippen LogP) is 2.18. The molecule has 2 N–H and O–H groups in total. The molecule has 1 aromatic rings. The fourth-order valence-electron chi connectivity index (χ4n) is 1.96. The first kappa shape index (κ1) is 8.75. The van der Waals surface area contributed by atoms with Gasteiger partial charge in [-0.05, 0) is 12.8 Å². The molecule has 3 heteroatoms. The van der Waals surface area contributed by atoms with Gasteiger partial charge in [0.15, 0.2) is 5.89 Å². The average molecular weight is 180 g/mol. The van der Waals surface area contributed by atoms with Crippen molar-refractivity contribution in [3.8, 4) is 0 Å². The standard InChI is InChI=1S/C10H16N2O/c11-6-9-7-12-10(13-9)8-4-2-1-3-5-8/h7-8H,1-6,11H2. The first-order chi connectivity index (χ1) is 6.40. The lowest BCUT2D eigenvalue weighted by molar-refractivity contribution is 0.352. The van der Waals surface area contributed by atoms with E-state index in [1.165, 1.54) is 32.1 Å². The van der Waals surface area contributed by atoms with Crippen LogP contribution in [0.2, 0.25) is 0 Å². The summed E-state index contributed by atoms with van der Waals surface area (Å²) >= 11 is 0. The first-order valence-corrected chi connectivity index (χ1v) is 5.05. The van der Waals surface area contributed by atoms with E-state index < -0.39 is 0 Å². The molecule has 0 amide bonds. The molecule has 0 spiro atoms. The number of oxazole rings is 1. The third-order valence-corrected chi connectivity index (χ3v) is 2.73. The average Bonchev–Trinajstić information content (AvgIpc) is 2.67. The van der Waals surface area contributed by atoms with Gasteiger partial charge in [0.25, 0.3) is 0 Å². The number of hydrogen-bond acceptors (Lipinski definition) is 3. The Balaban J connectivity index is 2.05. The summed E-state index contributed by atoms with van der Waals surface area (Å²) in [7, 11) is 0. The molecule has 1 saturated carbocycles. The van der Waals surface area contributed by atoms with Crippen molar-refractivity contribution in [2.45, 2.75) is 44.6 Å². The molecule has 0 bridgehead atoms. The van der Waals surface area contributed by atoms with Crippen molar-refractivity contribution in [3.63, 3.8) is 0 Å². The molecule has 1 aromatic heterocycles. The number of aromatic nitrogens is 1. The lowest BCUT2D eigenvalue weighted by Gasteiger charge is -2.17. The van der Waals surface area contributed by atoms with Crippen LogP contribution in [-0.2, 0) is 6.54 Å². The molecule has 0 radical (unpaired) electrons. The van der Waals surface area contributed by atoms with Gasteiger partial charge in [-0.1, -0.05) is 19.3 Å². The number of hydrogen-bond donors (Lipinski definition) is 1. The van der Waals surface area contributed by atoms with Gasteiger partial charge in [-0.3, -0.25) is 0 Å². The Morgan fingerprint density at radius 2 is 2.15 bits per heavy atom. The van der Waals surface area contributed by atoms with Crippen LogP contribution in [0.4, 0.5) is 0 Å². The second-order valence-corrected chi connectivity index (χ2v) is 3.70. The Kier molecular flexibility index (Phi) is 2.64. The van der Waals surface area contributed by atoms with E-state index in [1.807, 2.05) is 0 Å². The largest absolute Gasteiger partial charge is 0.444 e. The first-order valence-electron chi connectivity index (χ1n) is 5.05. The van der Waals surface area contributed by atoms with Crippen LogP contribution in [0.5, 0.6) is 0 Å². The maximum Gasteiger partial charge on any atom is 0.197 e. The molecular weight excluding hydrogens is 164 g/mol. The topological polar surface area (TPSA) is 52.0 Å². The van der Waals surface area contributed by atoms with Crippen molar-refractivity contribution in [1.29, 1.82) is 0 Å². The zero-order chi connectivity index (χ0) is 9.10. The van der Waals surface area contributed by atoms with E-state index in [0.717, 1.165) is 11.7 Å². The van der Waals surface area contributed by atoms with Gasteiger partial charge in [0, 0.05) is 5.92 Å². The molecular formula is C10H16N2O. The molecule has 0 atom stereocenters. The van der Waals surface area contributed by atoms with Crippen LogP contribution in [0.25, 0.3) is 0 Å². The molecule has 0 saturated heterocycles. The van der Waals surface area contributed by atoms with Gasteiger partial charge in [-0.2, -0.15) is 0 Å². The van der Waals surface area contributed by atoms with Gasteiger partial charge < -0.3 is 10.2 Å². The van der Waals surface area contributed by atoms with E-state index in [9.17, 15) is 0 Å². The number of nitrogens with two attached hydrogens (primary N) is 1. The maximum atomic E-state index is 5.54. The Labute approximate surface area is 78.3 Å². The zero-order valence-electron chi connectivity index (χ0n) is 7.83. The van der Waals surface area contributed by atoms with Gasteiger partial charge in [0.2, 0.25) is 0 Å². The Morgan fingerprint density at radius 3 is 2.77 bits per heavy atom. The van der Waals surface area contributed by atoms with Crippen molar-refractivity contribution < 1.29 is 4.42 Å². The quantitative estimate of drug-likeness (QED) is 0.759. The van der Waals surface area contributed by atoms with Gasteiger partial charge in [0.05, 0.1) is 12.7 Å². The molecule has 0 unspecified atom stereocenters. The normalized spacial score (nSPS) is 19.2. The Morgan fingerprint density at radius 1 is 1.38 bits per heavy atom. The third-order valence-electron chi connectivity index (χ3n) is 2.73. The summed E-state index contributed by atoms with van der Waals surface area (Å²) in [5.41, 5.74) is 5.46. The van der Waals surface area contributed by atoms with Crippen LogP contribution < -0.4 is 5.73 Å². The SMILES string of the molecule is NCc1cnc(C2CCCCC2)o1. The van der Waals surface area contributed by atoms with Gasteiger partial charge in [0.1, 0.15) is 5.76 Å². The number of nitrogens with zero attached hydrogens (tertiary/aromatic N) is 1. The minimum absolute atomic E-state index is 0.458. The van der Waals surface area contributed by atoms with Crippen molar-refractivity contribution >= 4 is 0 Å². The fourth-order valence-corrected chi connectivity index (χ4v) is 1.96. The molecule has 3 nitrogen and oxygen atoms in total. The highest BCUT2D eigenvalue weighted by atomic mass is 16.4. The minimum atomic E-state index is 0.458. The highest BCUT2D eigenvalue weighted by molar-refractivity contribution is 4.99.